The number of aromatic nitrogens is 2. The van der Waals surface area contributed by atoms with Crippen LogP contribution in [0.4, 0.5) is 5.95 Å². The van der Waals surface area contributed by atoms with Crippen LogP contribution in [0.5, 0.6) is 5.75 Å². The van der Waals surface area contributed by atoms with Gasteiger partial charge in [-0.2, -0.15) is 0 Å². The molecule has 0 spiro atoms. The van der Waals surface area contributed by atoms with Gasteiger partial charge in [0, 0.05) is 25.0 Å². The molecule has 1 aromatic heterocycles. The largest absolute Gasteiger partial charge is 0.490 e. The van der Waals surface area contributed by atoms with Crippen LogP contribution in [0.1, 0.15) is 51.4 Å². The lowest BCUT2D eigenvalue weighted by molar-refractivity contribution is -0.130. The minimum absolute atomic E-state index is 0.344. The first-order chi connectivity index (χ1) is 11.8. The minimum Gasteiger partial charge on any atom is -0.490 e. The van der Waals surface area contributed by atoms with Crippen molar-refractivity contribution in [2.45, 2.75) is 63.5 Å². The van der Waals surface area contributed by atoms with Crippen molar-refractivity contribution in [1.29, 1.82) is 0 Å². The molecule has 0 unspecified atom stereocenters. The molecule has 130 valence electrons. The molecule has 3 fully saturated rings. The van der Waals surface area contributed by atoms with E-state index in [1.165, 1.54) is 12.8 Å². The van der Waals surface area contributed by atoms with E-state index in [1.54, 1.807) is 12.4 Å². The zero-order valence-corrected chi connectivity index (χ0v) is 14.1. The lowest BCUT2D eigenvalue weighted by atomic mass is 9.90. The van der Waals surface area contributed by atoms with Crippen LogP contribution in [0.3, 0.4) is 0 Å². The van der Waals surface area contributed by atoms with Crippen molar-refractivity contribution in [3.05, 3.63) is 12.4 Å². The third-order valence-electron chi connectivity index (χ3n) is 5.39. The third-order valence-corrected chi connectivity index (χ3v) is 5.39. The lowest BCUT2D eigenvalue weighted by Crippen LogP contribution is -2.41. The van der Waals surface area contributed by atoms with E-state index in [-0.39, 0.29) is 0 Å². The van der Waals surface area contributed by atoms with Gasteiger partial charge >= 0.3 is 0 Å². The Morgan fingerprint density at radius 3 is 2.50 bits per heavy atom. The number of nitrogens with one attached hydrogen (secondary N) is 1. The highest BCUT2D eigenvalue weighted by Crippen LogP contribution is 2.30. The van der Waals surface area contributed by atoms with Gasteiger partial charge in [0.25, 0.3) is 0 Å². The summed E-state index contributed by atoms with van der Waals surface area (Å²) in [6, 6.07) is 0.842. The van der Waals surface area contributed by atoms with E-state index in [4.69, 9.17) is 4.74 Å². The maximum absolute atomic E-state index is 11.9. The van der Waals surface area contributed by atoms with E-state index in [9.17, 15) is 4.79 Å². The first-order valence-corrected chi connectivity index (χ1v) is 9.29. The number of amides is 1. The van der Waals surface area contributed by atoms with Gasteiger partial charge in [-0.15, -0.1) is 0 Å². The van der Waals surface area contributed by atoms with Gasteiger partial charge in [0.05, 0.1) is 19.0 Å². The van der Waals surface area contributed by atoms with Gasteiger partial charge in [0.1, 0.15) is 0 Å². The predicted octanol–water partition coefficient (Wildman–Crippen LogP) is 2.61. The van der Waals surface area contributed by atoms with E-state index in [2.05, 4.69) is 20.2 Å². The molecular formula is C18H26N4O2. The number of ether oxygens (including phenoxy) is 1. The van der Waals surface area contributed by atoms with Crippen molar-refractivity contribution in [2.75, 3.05) is 18.5 Å². The molecule has 2 aliphatic carbocycles. The summed E-state index contributed by atoms with van der Waals surface area (Å²) in [6.45, 7) is 1.74. The molecule has 0 radical (unpaired) electrons. The average Bonchev–Trinajstić information content (AvgIpc) is 3.35. The normalized spacial score (nSPS) is 27.3. The van der Waals surface area contributed by atoms with Crippen molar-refractivity contribution in [3.8, 4) is 5.75 Å². The average molecular weight is 330 g/mol. The predicted molar refractivity (Wildman–Crippen MR) is 90.9 cm³/mol. The summed E-state index contributed by atoms with van der Waals surface area (Å²) in [6.07, 6.45) is 12.1. The number of carbonyl (C=O) groups excluding carboxylic acids is 1. The molecule has 4 rings (SSSR count). The molecular weight excluding hydrogens is 304 g/mol. The molecule has 6 heteroatoms. The van der Waals surface area contributed by atoms with Gasteiger partial charge in [-0.3, -0.25) is 4.79 Å². The molecule has 2 saturated carbocycles. The molecule has 1 saturated heterocycles. The number of carbonyl (C=O) groups is 1. The summed E-state index contributed by atoms with van der Waals surface area (Å²) in [5.41, 5.74) is 0. The zero-order chi connectivity index (χ0) is 16.4. The number of rotatable bonds is 6. The van der Waals surface area contributed by atoms with E-state index in [0.717, 1.165) is 63.3 Å². The Bertz CT molecular complexity index is 565. The molecule has 0 aromatic carbocycles. The molecule has 3 aliphatic rings. The Morgan fingerprint density at radius 2 is 1.88 bits per heavy atom. The van der Waals surface area contributed by atoms with Crippen LogP contribution in [-0.4, -0.2) is 46.0 Å². The van der Waals surface area contributed by atoms with Gasteiger partial charge in [0.15, 0.2) is 5.75 Å². The maximum atomic E-state index is 11.9. The lowest BCUT2D eigenvalue weighted by Gasteiger charge is -2.34. The van der Waals surface area contributed by atoms with Crippen LogP contribution >= 0.6 is 0 Å². The minimum atomic E-state index is 0.344. The van der Waals surface area contributed by atoms with Crippen molar-refractivity contribution >= 4 is 11.9 Å². The number of hydrogen-bond donors (Lipinski definition) is 1. The smallest absolute Gasteiger partial charge is 0.223 e. The van der Waals surface area contributed by atoms with Crippen LogP contribution < -0.4 is 10.1 Å². The monoisotopic (exact) mass is 330 g/mol. The molecule has 1 aliphatic heterocycles. The molecule has 24 heavy (non-hydrogen) atoms. The molecule has 1 N–H and O–H groups in total. The fraction of sp³-hybridized carbons (Fsp3) is 0.722. The van der Waals surface area contributed by atoms with Crippen LogP contribution in [0.2, 0.25) is 0 Å². The van der Waals surface area contributed by atoms with Gasteiger partial charge in [-0.05, 0) is 50.9 Å². The fourth-order valence-electron chi connectivity index (χ4n) is 3.73. The summed E-state index contributed by atoms with van der Waals surface area (Å²) < 4.78 is 5.67. The van der Waals surface area contributed by atoms with Gasteiger partial charge in [-0.25, -0.2) is 9.97 Å². The highest BCUT2D eigenvalue weighted by molar-refractivity contribution is 5.78. The second-order valence-corrected chi connectivity index (χ2v) is 7.34. The van der Waals surface area contributed by atoms with Crippen molar-refractivity contribution in [2.24, 2.45) is 5.92 Å². The summed E-state index contributed by atoms with van der Waals surface area (Å²) in [7, 11) is 0. The molecule has 1 aromatic rings. The summed E-state index contributed by atoms with van der Waals surface area (Å²) in [5.74, 6) is 2.51. The highest BCUT2D eigenvalue weighted by atomic mass is 16.5. The zero-order valence-electron chi connectivity index (χ0n) is 14.1. The van der Waals surface area contributed by atoms with Gasteiger partial charge < -0.3 is 15.0 Å². The Hall–Kier alpha value is -1.85. The molecule has 1 amide bonds. The standard InChI is InChI=1S/C18H26N4O2/c23-17-2-1-9-22(17)15-7-5-14(6-8-15)21-18-19-10-16(11-20-18)24-12-13-3-4-13/h10-11,13-15H,1-9,12H2,(H,19,20,21). The number of hydrogen-bond acceptors (Lipinski definition) is 5. The SMILES string of the molecule is O=C1CCCN1C1CCC(Nc2ncc(OCC3CC3)cn2)CC1. The van der Waals surface area contributed by atoms with Crippen molar-refractivity contribution in [1.82, 2.24) is 14.9 Å². The van der Waals surface area contributed by atoms with Crippen LogP contribution in [-0.2, 0) is 4.79 Å². The summed E-state index contributed by atoms with van der Waals surface area (Å²) in [5, 5.41) is 3.43. The van der Waals surface area contributed by atoms with E-state index < -0.39 is 0 Å². The Morgan fingerprint density at radius 1 is 1.12 bits per heavy atom. The quantitative estimate of drug-likeness (QED) is 0.868. The topological polar surface area (TPSA) is 67.4 Å². The number of likely N-dealkylation sites (tertiary alicyclic amines) is 1. The van der Waals surface area contributed by atoms with Crippen molar-refractivity contribution < 1.29 is 9.53 Å². The first kappa shape index (κ1) is 15.7. The maximum Gasteiger partial charge on any atom is 0.223 e. The second kappa shape index (κ2) is 6.95. The molecule has 0 bridgehead atoms. The highest BCUT2D eigenvalue weighted by Gasteiger charge is 2.31. The molecule has 0 atom stereocenters. The van der Waals surface area contributed by atoms with E-state index in [0.29, 0.717) is 23.9 Å². The fourth-order valence-corrected chi connectivity index (χ4v) is 3.73. The Labute approximate surface area is 143 Å². The van der Waals surface area contributed by atoms with E-state index in [1.807, 2.05) is 0 Å². The molecule has 6 nitrogen and oxygen atoms in total. The molecule has 2 heterocycles. The van der Waals surface area contributed by atoms with E-state index >= 15 is 0 Å². The second-order valence-electron chi connectivity index (χ2n) is 7.34. The number of nitrogens with zero attached hydrogens (tertiary/aromatic N) is 3. The van der Waals surface area contributed by atoms with Crippen LogP contribution in [0.15, 0.2) is 12.4 Å². The Kier molecular flexibility index (Phi) is 4.54. The van der Waals surface area contributed by atoms with Crippen LogP contribution in [0, 0.1) is 5.92 Å². The summed E-state index contributed by atoms with van der Waals surface area (Å²) in [4.78, 5) is 22.7. The van der Waals surface area contributed by atoms with Gasteiger partial charge in [0.2, 0.25) is 11.9 Å². The van der Waals surface area contributed by atoms with Crippen molar-refractivity contribution in [3.63, 3.8) is 0 Å². The Balaban J connectivity index is 1.23. The first-order valence-electron chi connectivity index (χ1n) is 9.29. The summed E-state index contributed by atoms with van der Waals surface area (Å²) >= 11 is 0. The third kappa shape index (κ3) is 3.79. The van der Waals surface area contributed by atoms with Crippen LogP contribution in [0.25, 0.3) is 0 Å². The number of anilines is 1. The van der Waals surface area contributed by atoms with Gasteiger partial charge in [-0.1, -0.05) is 0 Å².